The highest BCUT2D eigenvalue weighted by atomic mass is 16.5. The Morgan fingerprint density at radius 3 is 2.74 bits per heavy atom. The summed E-state index contributed by atoms with van der Waals surface area (Å²) in [7, 11) is 3.59. The summed E-state index contributed by atoms with van der Waals surface area (Å²) in [6.45, 7) is 4.03. The zero-order valence-corrected chi connectivity index (χ0v) is 11.7. The summed E-state index contributed by atoms with van der Waals surface area (Å²) < 4.78 is 5.43. The SMILES string of the molecule is CNC(Cc1ncc(C)c(OC)c1C)c1cn[nH]n1. The minimum absolute atomic E-state index is 0.0809. The van der Waals surface area contributed by atoms with Gasteiger partial charge in [0.2, 0.25) is 0 Å². The van der Waals surface area contributed by atoms with E-state index in [1.165, 1.54) is 0 Å². The van der Waals surface area contributed by atoms with Gasteiger partial charge in [-0.05, 0) is 20.9 Å². The Bertz CT molecular complexity index is 538. The van der Waals surface area contributed by atoms with E-state index < -0.39 is 0 Å². The number of rotatable bonds is 5. The number of aromatic nitrogens is 4. The maximum atomic E-state index is 5.43. The van der Waals surface area contributed by atoms with Gasteiger partial charge in [-0.25, -0.2) is 0 Å². The molecular weight excluding hydrogens is 242 g/mol. The van der Waals surface area contributed by atoms with Crippen molar-refractivity contribution in [1.82, 2.24) is 25.7 Å². The lowest BCUT2D eigenvalue weighted by molar-refractivity contribution is 0.406. The van der Waals surface area contributed by atoms with Crippen molar-refractivity contribution in [2.24, 2.45) is 0 Å². The van der Waals surface area contributed by atoms with Crippen LogP contribution in [0, 0.1) is 13.8 Å². The van der Waals surface area contributed by atoms with E-state index in [-0.39, 0.29) is 6.04 Å². The largest absolute Gasteiger partial charge is 0.496 e. The standard InChI is InChI=1S/C13H19N5O/c1-8-6-15-10(9(2)13(8)19-4)5-11(14-3)12-7-16-18-17-12/h6-7,11,14H,5H2,1-4H3,(H,16,17,18). The number of aryl methyl sites for hydroxylation is 1. The molecule has 0 saturated carbocycles. The van der Waals surface area contributed by atoms with E-state index in [4.69, 9.17) is 4.74 Å². The van der Waals surface area contributed by atoms with Crippen LogP contribution in [0.15, 0.2) is 12.4 Å². The van der Waals surface area contributed by atoms with Gasteiger partial charge in [0.05, 0.1) is 25.0 Å². The summed E-state index contributed by atoms with van der Waals surface area (Å²) in [5, 5.41) is 13.8. The lowest BCUT2D eigenvalue weighted by atomic mass is 10.0. The zero-order valence-electron chi connectivity index (χ0n) is 11.7. The molecule has 19 heavy (non-hydrogen) atoms. The molecule has 0 radical (unpaired) electrons. The summed E-state index contributed by atoms with van der Waals surface area (Å²) in [4.78, 5) is 4.51. The zero-order chi connectivity index (χ0) is 13.8. The number of ether oxygens (including phenoxy) is 1. The maximum Gasteiger partial charge on any atom is 0.128 e. The van der Waals surface area contributed by atoms with Crippen molar-refractivity contribution in [2.45, 2.75) is 26.3 Å². The first kappa shape index (κ1) is 13.5. The van der Waals surface area contributed by atoms with Gasteiger partial charge in [-0.15, -0.1) is 0 Å². The second-order valence-corrected chi connectivity index (χ2v) is 4.49. The smallest absolute Gasteiger partial charge is 0.128 e. The molecule has 0 aromatic carbocycles. The first-order valence-electron chi connectivity index (χ1n) is 6.19. The van der Waals surface area contributed by atoms with Crippen LogP contribution in [0.3, 0.4) is 0 Å². The first-order chi connectivity index (χ1) is 9.17. The van der Waals surface area contributed by atoms with Gasteiger partial charge >= 0.3 is 0 Å². The van der Waals surface area contributed by atoms with Crippen molar-refractivity contribution in [3.8, 4) is 5.75 Å². The Kier molecular flexibility index (Phi) is 4.11. The Labute approximate surface area is 112 Å². The van der Waals surface area contributed by atoms with Crippen LogP contribution in [-0.2, 0) is 6.42 Å². The Balaban J connectivity index is 2.28. The number of aromatic amines is 1. The van der Waals surface area contributed by atoms with Crippen molar-refractivity contribution in [3.05, 3.63) is 34.9 Å². The topological polar surface area (TPSA) is 75.7 Å². The molecule has 0 bridgehead atoms. The Morgan fingerprint density at radius 2 is 2.16 bits per heavy atom. The third-order valence-corrected chi connectivity index (χ3v) is 3.29. The van der Waals surface area contributed by atoms with Crippen molar-refractivity contribution < 1.29 is 4.74 Å². The van der Waals surface area contributed by atoms with Crippen LogP contribution < -0.4 is 10.1 Å². The lowest BCUT2D eigenvalue weighted by Crippen LogP contribution is -2.20. The maximum absolute atomic E-state index is 5.43. The molecule has 0 aliphatic carbocycles. The summed E-state index contributed by atoms with van der Waals surface area (Å²) in [6.07, 6.45) is 4.31. The molecule has 2 aromatic rings. The number of nitrogens with one attached hydrogen (secondary N) is 2. The first-order valence-corrected chi connectivity index (χ1v) is 6.19. The van der Waals surface area contributed by atoms with Gasteiger partial charge in [-0.1, -0.05) is 0 Å². The fourth-order valence-electron chi connectivity index (χ4n) is 2.20. The molecule has 2 aromatic heterocycles. The highest BCUT2D eigenvalue weighted by Crippen LogP contribution is 2.26. The van der Waals surface area contributed by atoms with Crippen LogP contribution in [0.4, 0.5) is 0 Å². The van der Waals surface area contributed by atoms with Gasteiger partial charge in [0.15, 0.2) is 0 Å². The highest BCUT2D eigenvalue weighted by molar-refractivity contribution is 5.41. The van der Waals surface area contributed by atoms with Crippen LogP contribution in [-0.4, -0.2) is 34.6 Å². The minimum atomic E-state index is 0.0809. The number of nitrogens with zero attached hydrogens (tertiary/aromatic N) is 3. The Hall–Kier alpha value is -1.95. The van der Waals surface area contributed by atoms with Gasteiger partial charge in [0, 0.05) is 29.4 Å². The number of hydrogen-bond donors (Lipinski definition) is 2. The number of methoxy groups -OCH3 is 1. The van der Waals surface area contributed by atoms with E-state index in [1.54, 1.807) is 13.3 Å². The highest BCUT2D eigenvalue weighted by Gasteiger charge is 2.17. The molecule has 0 aliphatic heterocycles. The fraction of sp³-hybridized carbons (Fsp3) is 0.462. The molecule has 6 heteroatoms. The quantitative estimate of drug-likeness (QED) is 0.849. The number of pyridine rings is 1. The molecule has 6 nitrogen and oxygen atoms in total. The summed E-state index contributed by atoms with van der Waals surface area (Å²) in [5.74, 6) is 0.903. The van der Waals surface area contributed by atoms with E-state index in [1.807, 2.05) is 27.1 Å². The lowest BCUT2D eigenvalue weighted by Gasteiger charge is -2.16. The summed E-state index contributed by atoms with van der Waals surface area (Å²) >= 11 is 0. The number of H-pyrrole nitrogens is 1. The number of likely N-dealkylation sites (N-methyl/N-ethyl adjacent to an activating group) is 1. The van der Waals surface area contributed by atoms with Gasteiger partial charge in [-0.3, -0.25) is 4.98 Å². The molecule has 1 atom stereocenters. The minimum Gasteiger partial charge on any atom is -0.496 e. The van der Waals surface area contributed by atoms with Crippen molar-refractivity contribution in [1.29, 1.82) is 0 Å². The van der Waals surface area contributed by atoms with E-state index in [9.17, 15) is 0 Å². The predicted molar refractivity (Wildman–Crippen MR) is 72.2 cm³/mol. The van der Waals surface area contributed by atoms with Crippen molar-refractivity contribution in [2.75, 3.05) is 14.2 Å². The van der Waals surface area contributed by atoms with Crippen LogP contribution in [0.25, 0.3) is 0 Å². The fourth-order valence-corrected chi connectivity index (χ4v) is 2.20. The number of hydrogen-bond acceptors (Lipinski definition) is 5. The van der Waals surface area contributed by atoms with E-state index >= 15 is 0 Å². The third kappa shape index (κ3) is 2.73. The molecule has 1 unspecified atom stereocenters. The van der Waals surface area contributed by atoms with Crippen LogP contribution >= 0.6 is 0 Å². The van der Waals surface area contributed by atoms with Crippen LogP contribution in [0.1, 0.15) is 28.6 Å². The second kappa shape index (κ2) is 5.79. The molecule has 0 spiro atoms. The van der Waals surface area contributed by atoms with Crippen molar-refractivity contribution >= 4 is 0 Å². The molecular formula is C13H19N5O. The van der Waals surface area contributed by atoms with E-state index in [2.05, 4.69) is 25.7 Å². The van der Waals surface area contributed by atoms with Crippen molar-refractivity contribution in [3.63, 3.8) is 0 Å². The Morgan fingerprint density at radius 1 is 1.37 bits per heavy atom. The molecule has 0 fully saturated rings. The van der Waals surface area contributed by atoms with Gasteiger partial charge in [0.25, 0.3) is 0 Å². The average molecular weight is 261 g/mol. The monoisotopic (exact) mass is 261 g/mol. The van der Waals surface area contributed by atoms with Crippen LogP contribution in [0.2, 0.25) is 0 Å². The average Bonchev–Trinajstić information content (AvgIpc) is 2.92. The second-order valence-electron chi connectivity index (χ2n) is 4.49. The summed E-state index contributed by atoms with van der Waals surface area (Å²) in [6, 6.07) is 0.0809. The molecule has 102 valence electrons. The predicted octanol–water partition coefficient (Wildman–Crippen LogP) is 1.33. The van der Waals surface area contributed by atoms with E-state index in [0.29, 0.717) is 0 Å². The van der Waals surface area contributed by atoms with Crippen LogP contribution in [0.5, 0.6) is 5.75 Å². The normalized spacial score (nSPS) is 12.4. The van der Waals surface area contributed by atoms with Gasteiger partial charge < -0.3 is 10.1 Å². The van der Waals surface area contributed by atoms with E-state index in [0.717, 1.165) is 34.7 Å². The summed E-state index contributed by atoms with van der Waals surface area (Å²) in [5.41, 5.74) is 4.01. The molecule has 0 amide bonds. The molecule has 2 heterocycles. The van der Waals surface area contributed by atoms with Gasteiger partial charge in [-0.2, -0.15) is 15.4 Å². The molecule has 2 rings (SSSR count). The molecule has 0 saturated heterocycles. The molecule has 2 N–H and O–H groups in total. The van der Waals surface area contributed by atoms with Gasteiger partial charge in [0.1, 0.15) is 5.75 Å². The third-order valence-electron chi connectivity index (χ3n) is 3.29. The molecule has 0 aliphatic rings.